The lowest BCUT2D eigenvalue weighted by Gasteiger charge is -2.26. The molecule has 2 fully saturated rings. The third-order valence-corrected chi connectivity index (χ3v) is 9.43. The number of aromatic nitrogens is 2. The highest BCUT2D eigenvalue weighted by atomic mass is 32.2. The summed E-state index contributed by atoms with van der Waals surface area (Å²) in [7, 11) is -7.54. The van der Waals surface area contributed by atoms with Gasteiger partial charge in [-0.25, -0.2) is 21.1 Å². The molecule has 0 saturated carbocycles. The number of aryl methyl sites for hydroxylation is 2. The molecule has 3 rings (SSSR count). The molecule has 2 aliphatic heterocycles. The first kappa shape index (κ1) is 22.8. The minimum absolute atomic E-state index is 0.0133. The predicted octanol–water partition coefficient (Wildman–Crippen LogP) is -0.408. The number of nitrogens with one attached hydrogen (secondary N) is 1. The van der Waals surface area contributed by atoms with Gasteiger partial charge in [0.2, 0.25) is 31.9 Å². The van der Waals surface area contributed by atoms with Crippen LogP contribution in [0.4, 0.5) is 0 Å². The highest BCUT2D eigenvalue weighted by Crippen LogP contribution is 2.23. The second-order valence-electron chi connectivity index (χ2n) is 7.53. The number of sulfonamides is 2. The summed E-state index contributed by atoms with van der Waals surface area (Å²) < 4.78 is 54.1. The molecule has 3 heterocycles. The van der Waals surface area contributed by atoms with Crippen LogP contribution in [0.3, 0.4) is 0 Å². The number of carbonyl (C=O) groups excluding carboxylic acids is 2. The number of likely N-dealkylation sites (tertiary alicyclic amines) is 1. The van der Waals surface area contributed by atoms with Crippen molar-refractivity contribution in [2.24, 2.45) is 0 Å². The summed E-state index contributed by atoms with van der Waals surface area (Å²) >= 11 is 0. The first-order valence-corrected chi connectivity index (χ1v) is 12.9. The molecular weight excluding hydrogens is 434 g/mol. The second kappa shape index (κ2) is 8.73. The van der Waals surface area contributed by atoms with E-state index in [9.17, 15) is 26.4 Å². The Morgan fingerprint density at radius 1 is 0.900 bits per heavy atom. The number of rotatable bonds is 6. The first-order chi connectivity index (χ1) is 14.0. The first-order valence-electron chi connectivity index (χ1n) is 9.87. The number of H-pyrrole nitrogens is 1. The van der Waals surface area contributed by atoms with E-state index in [2.05, 4.69) is 10.2 Å². The number of piperidine rings is 1. The van der Waals surface area contributed by atoms with Crippen molar-refractivity contribution in [2.75, 3.05) is 38.5 Å². The normalized spacial score (nSPS) is 20.5. The van der Waals surface area contributed by atoms with E-state index >= 15 is 0 Å². The maximum absolute atomic E-state index is 13.0. The molecule has 2 saturated heterocycles. The smallest absolute Gasteiger partial charge is 0.246 e. The molecule has 1 aromatic heterocycles. The molecule has 0 bridgehead atoms. The van der Waals surface area contributed by atoms with Crippen molar-refractivity contribution in [3.63, 3.8) is 0 Å². The Morgan fingerprint density at radius 2 is 1.50 bits per heavy atom. The predicted molar refractivity (Wildman–Crippen MR) is 107 cm³/mol. The zero-order chi connectivity index (χ0) is 22.1. The van der Waals surface area contributed by atoms with Crippen molar-refractivity contribution in [1.82, 2.24) is 23.7 Å². The van der Waals surface area contributed by atoms with Gasteiger partial charge in [0.25, 0.3) is 0 Å². The Bertz CT molecular complexity index is 998. The molecule has 30 heavy (non-hydrogen) atoms. The Morgan fingerprint density at radius 3 is 2.10 bits per heavy atom. The van der Waals surface area contributed by atoms with E-state index in [1.54, 1.807) is 13.8 Å². The van der Waals surface area contributed by atoms with Gasteiger partial charge < -0.3 is 0 Å². The third kappa shape index (κ3) is 4.58. The van der Waals surface area contributed by atoms with Crippen LogP contribution in [0.5, 0.6) is 0 Å². The van der Waals surface area contributed by atoms with Gasteiger partial charge in [-0.1, -0.05) is 0 Å². The van der Waals surface area contributed by atoms with E-state index in [-0.39, 0.29) is 68.0 Å². The van der Waals surface area contributed by atoms with Crippen LogP contribution in [0.25, 0.3) is 0 Å². The molecule has 1 N–H and O–H groups in total. The van der Waals surface area contributed by atoms with E-state index in [1.165, 1.54) is 8.61 Å². The van der Waals surface area contributed by atoms with Gasteiger partial charge in [-0.3, -0.25) is 19.6 Å². The van der Waals surface area contributed by atoms with Crippen LogP contribution in [0.2, 0.25) is 0 Å². The molecule has 0 spiro atoms. The van der Waals surface area contributed by atoms with Gasteiger partial charge in [-0.05, 0) is 26.7 Å². The number of nitrogens with zero attached hydrogens (tertiary/aromatic N) is 4. The van der Waals surface area contributed by atoms with E-state index in [4.69, 9.17) is 0 Å². The summed E-state index contributed by atoms with van der Waals surface area (Å²) in [5.74, 6) is -1.06. The van der Waals surface area contributed by atoms with Crippen molar-refractivity contribution in [1.29, 1.82) is 0 Å². The maximum atomic E-state index is 13.0. The molecular formula is C17H27N5O6S2. The van der Waals surface area contributed by atoms with Gasteiger partial charge in [0.1, 0.15) is 4.90 Å². The number of imide groups is 1. The molecule has 0 atom stereocenters. The monoisotopic (exact) mass is 461 g/mol. The van der Waals surface area contributed by atoms with Crippen LogP contribution in [0.15, 0.2) is 4.90 Å². The van der Waals surface area contributed by atoms with Gasteiger partial charge in [-0.2, -0.15) is 9.40 Å². The molecule has 0 aliphatic carbocycles. The Hall–Kier alpha value is -1.83. The molecule has 2 aliphatic rings. The highest BCUT2D eigenvalue weighted by molar-refractivity contribution is 7.89. The summed E-state index contributed by atoms with van der Waals surface area (Å²) in [6.07, 6.45) is 1.33. The van der Waals surface area contributed by atoms with Crippen molar-refractivity contribution >= 4 is 31.9 Å². The molecule has 168 valence electrons. The zero-order valence-electron chi connectivity index (χ0n) is 17.1. The summed E-state index contributed by atoms with van der Waals surface area (Å²) in [5, 5.41) is 6.60. The average Bonchev–Trinajstić information content (AvgIpc) is 2.86. The van der Waals surface area contributed by atoms with Crippen LogP contribution >= 0.6 is 0 Å². The van der Waals surface area contributed by atoms with E-state index in [0.29, 0.717) is 24.2 Å². The minimum Gasteiger partial charge on any atom is -0.282 e. The molecule has 0 aromatic carbocycles. The Kier molecular flexibility index (Phi) is 6.65. The lowest BCUT2D eigenvalue weighted by Crippen LogP contribution is -2.45. The summed E-state index contributed by atoms with van der Waals surface area (Å²) in [6, 6.07) is 0. The fourth-order valence-corrected chi connectivity index (χ4v) is 7.06. The van der Waals surface area contributed by atoms with E-state index < -0.39 is 20.0 Å². The molecule has 11 nitrogen and oxygen atoms in total. The zero-order valence-corrected chi connectivity index (χ0v) is 18.8. The van der Waals surface area contributed by atoms with Gasteiger partial charge in [0.15, 0.2) is 0 Å². The van der Waals surface area contributed by atoms with E-state index in [1.807, 2.05) is 0 Å². The van der Waals surface area contributed by atoms with Gasteiger partial charge in [0, 0.05) is 45.6 Å². The van der Waals surface area contributed by atoms with Gasteiger partial charge in [0.05, 0.1) is 17.1 Å². The molecule has 0 unspecified atom stereocenters. The number of amides is 2. The lowest BCUT2D eigenvalue weighted by molar-refractivity contribution is -0.147. The summed E-state index contributed by atoms with van der Waals surface area (Å²) in [5.41, 5.74) is 0.814. The van der Waals surface area contributed by atoms with Crippen molar-refractivity contribution < 1.29 is 26.4 Å². The molecule has 0 radical (unpaired) electrons. The fraction of sp³-hybridized carbons (Fsp3) is 0.706. The molecule has 1 aromatic rings. The second-order valence-corrected chi connectivity index (χ2v) is 11.5. The Balaban J connectivity index is 1.67. The topological polar surface area (TPSA) is 141 Å². The standard InChI is InChI=1S/C17H27N5O6S2/c1-13-17(14(2)19-18-13)30(27,28)21-8-4-7-20(9-10-21)29(25,26)12-11-22-15(23)5-3-6-16(22)24/h3-12H2,1-2H3,(H,18,19). The minimum atomic E-state index is -3.80. The van der Waals surface area contributed by atoms with Crippen molar-refractivity contribution in [2.45, 2.75) is 44.4 Å². The lowest BCUT2D eigenvalue weighted by atomic mass is 10.1. The van der Waals surface area contributed by atoms with Crippen LogP contribution in [0, 0.1) is 13.8 Å². The van der Waals surface area contributed by atoms with Crippen LogP contribution in [-0.4, -0.2) is 90.8 Å². The summed E-state index contributed by atoms with van der Waals surface area (Å²) in [6.45, 7) is 3.47. The number of aromatic amines is 1. The third-order valence-electron chi connectivity index (χ3n) is 5.42. The Labute approximate surface area is 176 Å². The van der Waals surface area contributed by atoms with Gasteiger partial charge >= 0.3 is 0 Å². The fourth-order valence-electron chi connectivity index (χ4n) is 3.82. The number of carbonyl (C=O) groups is 2. The van der Waals surface area contributed by atoms with Gasteiger partial charge in [-0.15, -0.1) is 0 Å². The molecule has 2 amide bonds. The summed E-state index contributed by atoms with van der Waals surface area (Å²) in [4.78, 5) is 24.9. The SMILES string of the molecule is Cc1n[nH]c(C)c1S(=O)(=O)N1CCCN(S(=O)(=O)CCN2C(=O)CCCC2=O)CC1. The number of hydrogen-bond donors (Lipinski definition) is 1. The average molecular weight is 462 g/mol. The number of hydrogen-bond acceptors (Lipinski definition) is 7. The quantitative estimate of drug-likeness (QED) is 0.568. The van der Waals surface area contributed by atoms with Crippen molar-refractivity contribution in [3.8, 4) is 0 Å². The van der Waals surface area contributed by atoms with Crippen LogP contribution in [0.1, 0.15) is 37.1 Å². The highest BCUT2D eigenvalue weighted by Gasteiger charge is 2.34. The van der Waals surface area contributed by atoms with Crippen LogP contribution in [-0.2, 0) is 29.6 Å². The largest absolute Gasteiger partial charge is 0.282 e. The van der Waals surface area contributed by atoms with E-state index in [0.717, 1.165) is 4.90 Å². The van der Waals surface area contributed by atoms with Crippen molar-refractivity contribution in [3.05, 3.63) is 11.4 Å². The van der Waals surface area contributed by atoms with Crippen LogP contribution < -0.4 is 0 Å². The maximum Gasteiger partial charge on any atom is 0.246 e. The molecule has 13 heteroatoms.